The molecule has 1 heterocycles. The van der Waals surface area contributed by atoms with E-state index in [0.29, 0.717) is 13.1 Å². The fraction of sp³-hybridized carbons (Fsp3) is 0.471. The molecule has 27 heavy (non-hydrogen) atoms. The van der Waals surface area contributed by atoms with Crippen LogP contribution in [0.25, 0.3) is 0 Å². The summed E-state index contributed by atoms with van der Waals surface area (Å²) >= 11 is 0. The van der Waals surface area contributed by atoms with Gasteiger partial charge < -0.3 is 15.0 Å². The Hall–Kier alpha value is -2.46. The molecular formula is C17H23N3O6S. The Balaban J connectivity index is 1.88. The van der Waals surface area contributed by atoms with E-state index in [-0.39, 0.29) is 22.9 Å². The monoisotopic (exact) mass is 397 g/mol. The average molecular weight is 397 g/mol. The molecule has 0 aliphatic carbocycles. The number of amides is 2. The Labute approximate surface area is 158 Å². The van der Waals surface area contributed by atoms with Gasteiger partial charge in [0.2, 0.25) is 15.9 Å². The predicted molar refractivity (Wildman–Crippen MR) is 96.4 cm³/mol. The molecule has 1 N–H and O–H groups in total. The first-order valence-electron chi connectivity index (χ1n) is 8.46. The Morgan fingerprint density at radius 1 is 1.11 bits per heavy atom. The van der Waals surface area contributed by atoms with Crippen molar-refractivity contribution >= 4 is 27.8 Å². The van der Waals surface area contributed by atoms with Gasteiger partial charge in [-0.3, -0.25) is 9.59 Å². The molecular weight excluding hydrogens is 374 g/mol. The number of carbonyl (C=O) groups is 3. The van der Waals surface area contributed by atoms with Crippen molar-refractivity contribution in [3.05, 3.63) is 29.8 Å². The summed E-state index contributed by atoms with van der Waals surface area (Å²) in [5.41, 5.74) is 0.132. The van der Waals surface area contributed by atoms with Crippen LogP contribution in [0.15, 0.2) is 29.2 Å². The molecule has 1 aliphatic heterocycles. The Kier molecular flexibility index (Phi) is 6.92. The van der Waals surface area contributed by atoms with Gasteiger partial charge in [-0.25, -0.2) is 13.2 Å². The fourth-order valence-corrected chi connectivity index (χ4v) is 3.96. The van der Waals surface area contributed by atoms with E-state index in [9.17, 15) is 22.8 Å². The quantitative estimate of drug-likeness (QED) is 0.640. The summed E-state index contributed by atoms with van der Waals surface area (Å²) < 4.78 is 31.2. The number of carbonyl (C=O) groups excluding carboxylic acids is 3. The third-order valence-corrected chi connectivity index (χ3v) is 5.98. The average Bonchev–Trinajstić information content (AvgIpc) is 3.19. The maximum absolute atomic E-state index is 12.4. The molecule has 2 rings (SSSR count). The largest absolute Gasteiger partial charge is 0.452 e. The molecule has 0 bridgehead atoms. The van der Waals surface area contributed by atoms with Crippen molar-refractivity contribution in [2.75, 3.05) is 40.3 Å². The lowest BCUT2D eigenvalue weighted by atomic mass is 10.2. The van der Waals surface area contributed by atoms with Gasteiger partial charge >= 0.3 is 5.97 Å². The lowest BCUT2D eigenvalue weighted by Crippen LogP contribution is -2.38. The molecule has 2 amide bonds. The van der Waals surface area contributed by atoms with Crippen LogP contribution in [0.2, 0.25) is 0 Å². The summed E-state index contributed by atoms with van der Waals surface area (Å²) in [5.74, 6) is -1.65. The van der Waals surface area contributed by atoms with Gasteiger partial charge in [-0.05, 0) is 37.1 Å². The van der Waals surface area contributed by atoms with Crippen molar-refractivity contribution in [3.63, 3.8) is 0 Å². The van der Waals surface area contributed by atoms with Gasteiger partial charge in [0.05, 0.1) is 17.0 Å². The number of nitrogens with zero attached hydrogens (tertiary/aromatic N) is 2. The predicted octanol–water partition coefficient (Wildman–Crippen LogP) is -0.168. The van der Waals surface area contributed by atoms with Gasteiger partial charge in [0.15, 0.2) is 6.61 Å². The molecule has 148 valence electrons. The maximum Gasteiger partial charge on any atom is 0.338 e. The van der Waals surface area contributed by atoms with E-state index in [4.69, 9.17) is 4.74 Å². The van der Waals surface area contributed by atoms with Crippen LogP contribution in [0.5, 0.6) is 0 Å². The van der Waals surface area contributed by atoms with Crippen LogP contribution in [0, 0.1) is 0 Å². The van der Waals surface area contributed by atoms with E-state index >= 15 is 0 Å². The number of hydrogen-bond donors (Lipinski definition) is 1. The molecule has 0 spiro atoms. The zero-order valence-corrected chi connectivity index (χ0v) is 16.1. The lowest BCUT2D eigenvalue weighted by Gasteiger charge is -2.15. The number of esters is 1. The summed E-state index contributed by atoms with van der Waals surface area (Å²) in [5, 5.41) is 2.34. The van der Waals surface area contributed by atoms with Crippen molar-refractivity contribution in [1.29, 1.82) is 0 Å². The maximum atomic E-state index is 12.4. The molecule has 1 saturated heterocycles. The van der Waals surface area contributed by atoms with Gasteiger partial charge in [0.25, 0.3) is 5.91 Å². The molecule has 1 aromatic rings. The normalized spacial score (nSPS) is 14.6. The highest BCUT2D eigenvalue weighted by molar-refractivity contribution is 7.89. The van der Waals surface area contributed by atoms with Crippen molar-refractivity contribution < 1.29 is 27.5 Å². The summed E-state index contributed by atoms with van der Waals surface area (Å²) in [4.78, 5) is 36.4. The van der Waals surface area contributed by atoms with E-state index < -0.39 is 28.5 Å². The molecule has 10 heteroatoms. The second-order valence-electron chi connectivity index (χ2n) is 6.28. The molecule has 0 unspecified atom stereocenters. The molecule has 9 nitrogen and oxygen atoms in total. The molecule has 0 aromatic heterocycles. The van der Waals surface area contributed by atoms with Crippen LogP contribution < -0.4 is 5.32 Å². The van der Waals surface area contributed by atoms with Gasteiger partial charge in [-0.1, -0.05) is 0 Å². The third-order valence-electron chi connectivity index (χ3n) is 4.06. The van der Waals surface area contributed by atoms with Crippen LogP contribution in [-0.2, 0) is 24.3 Å². The number of hydrogen-bond acceptors (Lipinski definition) is 6. The minimum absolute atomic E-state index is 0.112. The van der Waals surface area contributed by atoms with E-state index in [2.05, 4.69) is 5.32 Å². The summed E-state index contributed by atoms with van der Waals surface area (Å²) in [6, 6.07) is 5.39. The SMILES string of the molecule is CN(C)C(=O)CNC(=O)COC(=O)c1ccc(S(=O)(=O)N2CCCC2)cc1. The highest BCUT2D eigenvalue weighted by atomic mass is 32.2. The Morgan fingerprint density at radius 2 is 1.70 bits per heavy atom. The first kappa shape index (κ1) is 20.8. The standard InChI is InChI=1S/C17H23N3O6S/c1-19(2)16(22)11-18-15(21)12-26-17(23)13-5-7-14(8-6-13)27(24,25)20-9-3-4-10-20/h5-8H,3-4,9-12H2,1-2H3,(H,18,21). The van der Waals surface area contributed by atoms with Crippen LogP contribution in [-0.4, -0.2) is 75.7 Å². The van der Waals surface area contributed by atoms with Crippen molar-refractivity contribution in [1.82, 2.24) is 14.5 Å². The van der Waals surface area contributed by atoms with Gasteiger partial charge in [-0.2, -0.15) is 4.31 Å². The van der Waals surface area contributed by atoms with E-state index in [0.717, 1.165) is 12.8 Å². The van der Waals surface area contributed by atoms with Crippen LogP contribution in [0.1, 0.15) is 23.2 Å². The number of benzene rings is 1. The highest BCUT2D eigenvalue weighted by Gasteiger charge is 2.27. The number of rotatable bonds is 7. The first-order valence-corrected chi connectivity index (χ1v) is 9.90. The van der Waals surface area contributed by atoms with Gasteiger partial charge in [0, 0.05) is 27.2 Å². The molecule has 0 atom stereocenters. The molecule has 1 aliphatic rings. The number of ether oxygens (including phenoxy) is 1. The second kappa shape index (κ2) is 8.96. The fourth-order valence-electron chi connectivity index (χ4n) is 2.44. The van der Waals surface area contributed by atoms with Crippen LogP contribution >= 0.6 is 0 Å². The van der Waals surface area contributed by atoms with E-state index in [1.54, 1.807) is 14.1 Å². The van der Waals surface area contributed by atoms with E-state index in [1.165, 1.54) is 33.5 Å². The van der Waals surface area contributed by atoms with Crippen molar-refractivity contribution in [3.8, 4) is 0 Å². The summed E-state index contributed by atoms with van der Waals surface area (Å²) in [7, 11) is -0.433. The van der Waals surface area contributed by atoms with Crippen molar-refractivity contribution in [2.24, 2.45) is 0 Å². The van der Waals surface area contributed by atoms with Gasteiger partial charge in [-0.15, -0.1) is 0 Å². The first-order chi connectivity index (χ1) is 12.7. The number of nitrogens with one attached hydrogen (secondary N) is 1. The minimum atomic E-state index is -3.55. The molecule has 1 fully saturated rings. The highest BCUT2D eigenvalue weighted by Crippen LogP contribution is 2.21. The summed E-state index contributed by atoms with van der Waals surface area (Å²) in [6.07, 6.45) is 1.68. The second-order valence-corrected chi connectivity index (χ2v) is 8.21. The van der Waals surface area contributed by atoms with Crippen LogP contribution in [0.4, 0.5) is 0 Å². The third kappa shape index (κ3) is 5.51. The van der Waals surface area contributed by atoms with E-state index in [1.807, 2.05) is 0 Å². The molecule has 1 aromatic carbocycles. The molecule has 0 saturated carbocycles. The zero-order chi connectivity index (χ0) is 20.0. The number of likely N-dealkylation sites (N-methyl/N-ethyl adjacent to an activating group) is 1. The number of sulfonamides is 1. The molecule has 0 radical (unpaired) electrons. The topological polar surface area (TPSA) is 113 Å². The zero-order valence-electron chi connectivity index (χ0n) is 15.3. The summed E-state index contributed by atoms with van der Waals surface area (Å²) in [6.45, 7) is 0.273. The lowest BCUT2D eigenvalue weighted by molar-refractivity contribution is -0.131. The Bertz CT molecular complexity index is 798. The van der Waals surface area contributed by atoms with Crippen molar-refractivity contribution in [2.45, 2.75) is 17.7 Å². The Morgan fingerprint density at radius 3 is 2.26 bits per heavy atom. The smallest absolute Gasteiger partial charge is 0.338 e. The van der Waals surface area contributed by atoms with Crippen LogP contribution in [0.3, 0.4) is 0 Å². The minimum Gasteiger partial charge on any atom is -0.452 e. The van der Waals surface area contributed by atoms with Gasteiger partial charge in [0.1, 0.15) is 0 Å².